The molecular weight excluding hydrogens is 236 g/mol. The van der Waals surface area contributed by atoms with Crippen molar-refractivity contribution in [3.8, 4) is 16.9 Å². The van der Waals surface area contributed by atoms with Gasteiger partial charge in [-0.05, 0) is 22.4 Å². The maximum Gasteiger partial charge on any atom is 0.154 e. The van der Waals surface area contributed by atoms with E-state index in [4.69, 9.17) is 0 Å². The highest BCUT2D eigenvalue weighted by Gasteiger charge is 2.12. The van der Waals surface area contributed by atoms with E-state index in [2.05, 4.69) is 0 Å². The van der Waals surface area contributed by atoms with Gasteiger partial charge in [0, 0.05) is 5.56 Å². The minimum absolute atomic E-state index is 0.0416. The lowest BCUT2D eigenvalue weighted by Gasteiger charge is -2.10. The van der Waals surface area contributed by atoms with Crippen molar-refractivity contribution in [2.24, 2.45) is 0 Å². The molecule has 0 unspecified atom stereocenters. The fraction of sp³-hybridized carbons (Fsp3) is 0. The van der Waals surface area contributed by atoms with E-state index >= 15 is 0 Å². The van der Waals surface area contributed by atoms with Crippen LogP contribution in [0.5, 0.6) is 5.75 Å². The topological polar surface area (TPSA) is 37.3 Å². The monoisotopic (exact) mass is 248 g/mol. The van der Waals surface area contributed by atoms with Crippen LogP contribution in [0.15, 0.2) is 60.7 Å². The van der Waals surface area contributed by atoms with Crippen molar-refractivity contribution in [2.45, 2.75) is 0 Å². The summed E-state index contributed by atoms with van der Waals surface area (Å²) in [6, 6.07) is 19.0. The van der Waals surface area contributed by atoms with E-state index in [1.165, 1.54) is 0 Å². The normalized spacial score (nSPS) is 10.5. The highest BCUT2D eigenvalue weighted by Crippen LogP contribution is 2.36. The third-order valence-corrected chi connectivity index (χ3v) is 3.26. The first-order valence-corrected chi connectivity index (χ1v) is 6.06. The molecule has 3 rings (SSSR count). The highest BCUT2D eigenvalue weighted by molar-refractivity contribution is 6.04. The first-order chi connectivity index (χ1) is 9.31. The van der Waals surface area contributed by atoms with Crippen molar-refractivity contribution >= 4 is 17.1 Å². The van der Waals surface area contributed by atoms with Crippen LogP contribution >= 0.6 is 0 Å². The molecule has 0 amide bonds. The number of carbonyl (C=O) groups is 1. The van der Waals surface area contributed by atoms with Crippen molar-refractivity contribution in [3.63, 3.8) is 0 Å². The van der Waals surface area contributed by atoms with Crippen LogP contribution in [0, 0.1) is 0 Å². The molecule has 0 aliphatic carbocycles. The van der Waals surface area contributed by atoms with Crippen LogP contribution in [-0.4, -0.2) is 11.4 Å². The SMILES string of the molecule is O=Cc1c(O)c(-c2ccccc2)cc2ccccc12. The van der Waals surface area contributed by atoms with Crippen LogP contribution in [0.1, 0.15) is 10.4 Å². The van der Waals surface area contributed by atoms with Crippen molar-refractivity contribution < 1.29 is 9.90 Å². The second-order valence-electron chi connectivity index (χ2n) is 4.39. The maximum atomic E-state index is 11.3. The van der Waals surface area contributed by atoms with Gasteiger partial charge in [0.25, 0.3) is 0 Å². The van der Waals surface area contributed by atoms with Gasteiger partial charge in [-0.1, -0.05) is 54.6 Å². The molecule has 1 N–H and O–H groups in total. The second kappa shape index (κ2) is 4.58. The van der Waals surface area contributed by atoms with E-state index in [1.54, 1.807) is 0 Å². The van der Waals surface area contributed by atoms with E-state index in [9.17, 15) is 9.90 Å². The van der Waals surface area contributed by atoms with Crippen LogP contribution in [-0.2, 0) is 0 Å². The second-order valence-corrected chi connectivity index (χ2v) is 4.39. The van der Waals surface area contributed by atoms with Gasteiger partial charge in [-0.25, -0.2) is 0 Å². The number of phenolic OH excluding ortho intramolecular Hbond substituents is 1. The van der Waals surface area contributed by atoms with E-state index in [-0.39, 0.29) is 5.75 Å². The molecule has 2 nitrogen and oxygen atoms in total. The highest BCUT2D eigenvalue weighted by atomic mass is 16.3. The molecule has 0 aromatic heterocycles. The first kappa shape index (κ1) is 11.5. The van der Waals surface area contributed by atoms with E-state index in [0.717, 1.165) is 16.3 Å². The van der Waals surface area contributed by atoms with Crippen molar-refractivity contribution in [1.82, 2.24) is 0 Å². The largest absolute Gasteiger partial charge is 0.507 e. The van der Waals surface area contributed by atoms with E-state index < -0.39 is 0 Å². The Labute approximate surface area is 110 Å². The van der Waals surface area contributed by atoms with Gasteiger partial charge in [0.1, 0.15) is 5.75 Å². The van der Waals surface area contributed by atoms with Gasteiger partial charge in [-0.3, -0.25) is 4.79 Å². The molecule has 3 aromatic rings. The molecule has 0 spiro atoms. The predicted octanol–water partition coefficient (Wildman–Crippen LogP) is 4.02. The zero-order valence-corrected chi connectivity index (χ0v) is 10.2. The molecule has 0 fully saturated rings. The smallest absolute Gasteiger partial charge is 0.154 e. The molecular formula is C17H12O2. The number of rotatable bonds is 2. The lowest BCUT2D eigenvalue weighted by molar-refractivity contribution is 0.112. The Kier molecular flexibility index (Phi) is 2.76. The van der Waals surface area contributed by atoms with E-state index in [0.29, 0.717) is 17.4 Å². The van der Waals surface area contributed by atoms with Gasteiger partial charge < -0.3 is 5.11 Å². The van der Waals surface area contributed by atoms with Crippen molar-refractivity contribution in [1.29, 1.82) is 0 Å². The minimum atomic E-state index is 0.0416. The molecule has 0 aliphatic heterocycles. The number of hydrogen-bond donors (Lipinski definition) is 1. The van der Waals surface area contributed by atoms with Crippen LogP contribution in [0.3, 0.4) is 0 Å². The molecule has 19 heavy (non-hydrogen) atoms. The van der Waals surface area contributed by atoms with Crippen LogP contribution < -0.4 is 0 Å². The Bertz CT molecular complexity index is 746. The third-order valence-electron chi connectivity index (χ3n) is 3.26. The molecule has 0 aliphatic rings. The lowest BCUT2D eigenvalue weighted by Crippen LogP contribution is -1.89. The number of hydrogen-bond acceptors (Lipinski definition) is 2. The molecule has 0 saturated heterocycles. The molecule has 0 saturated carbocycles. The zero-order valence-electron chi connectivity index (χ0n) is 10.2. The van der Waals surface area contributed by atoms with E-state index in [1.807, 2.05) is 60.7 Å². The Hall–Kier alpha value is -2.61. The molecule has 0 radical (unpaired) electrons. The average molecular weight is 248 g/mol. The third kappa shape index (κ3) is 1.87. The number of fused-ring (bicyclic) bond motifs is 1. The van der Waals surface area contributed by atoms with Gasteiger partial charge in [0.15, 0.2) is 6.29 Å². The summed E-state index contributed by atoms with van der Waals surface area (Å²) >= 11 is 0. The van der Waals surface area contributed by atoms with Gasteiger partial charge in [0.05, 0.1) is 5.56 Å². The summed E-state index contributed by atoms with van der Waals surface area (Å²) in [5, 5.41) is 12.0. The summed E-state index contributed by atoms with van der Waals surface area (Å²) < 4.78 is 0. The van der Waals surface area contributed by atoms with Gasteiger partial charge in [-0.2, -0.15) is 0 Å². The number of aromatic hydroxyl groups is 1. The van der Waals surface area contributed by atoms with Gasteiger partial charge in [0.2, 0.25) is 0 Å². The van der Waals surface area contributed by atoms with Crippen LogP contribution in [0.25, 0.3) is 21.9 Å². The molecule has 92 valence electrons. The molecule has 2 heteroatoms. The Balaban J connectivity index is 2.38. The summed E-state index contributed by atoms with van der Waals surface area (Å²) in [5.41, 5.74) is 1.92. The standard InChI is InChI=1S/C17H12O2/c18-11-16-14-9-5-4-8-13(14)10-15(17(16)19)12-6-2-1-3-7-12/h1-11,19H. The molecule has 0 atom stereocenters. The van der Waals surface area contributed by atoms with Crippen LogP contribution in [0.4, 0.5) is 0 Å². The zero-order chi connectivity index (χ0) is 13.2. The summed E-state index contributed by atoms with van der Waals surface area (Å²) in [6.45, 7) is 0. The summed E-state index contributed by atoms with van der Waals surface area (Å²) in [7, 11) is 0. The average Bonchev–Trinajstić information content (AvgIpc) is 2.47. The summed E-state index contributed by atoms with van der Waals surface area (Å²) in [5.74, 6) is 0.0416. The van der Waals surface area contributed by atoms with Gasteiger partial charge in [-0.15, -0.1) is 0 Å². The fourth-order valence-electron chi connectivity index (χ4n) is 2.32. The summed E-state index contributed by atoms with van der Waals surface area (Å²) in [6.07, 6.45) is 0.712. The Morgan fingerprint density at radius 1 is 0.895 bits per heavy atom. The fourth-order valence-corrected chi connectivity index (χ4v) is 2.32. The Morgan fingerprint density at radius 3 is 2.32 bits per heavy atom. The molecule has 3 aromatic carbocycles. The number of carbonyl (C=O) groups excluding carboxylic acids is 1. The maximum absolute atomic E-state index is 11.3. The number of benzene rings is 3. The minimum Gasteiger partial charge on any atom is -0.507 e. The lowest BCUT2D eigenvalue weighted by atomic mass is 9.96. The number of aldehydes is 1. The Morgan fingerprint density at radius 2 is 1.58 bits per heavy atom. The predicted molar refractivity (Wildman–Crippen MR) is 76.4 cm³/mol. The number of phenols is 1. The molecule has 0 bridgehead atoms. The van der Waals surface area contributed by atoms with Crippen molar-refractivity contribution in [3.05, 3.63) is 66.2 Å². The first-order valence-electron chi connectivity index (χ1n) is 6.06. The van der Waals surface area contributed by atoms with Crippen molar-refractivity contribution in [2.75, 3.05) is 0 Å². The quantitative estimate of drug-likeness (QED) is 0.695. The summed E-state index contributed by atoms with van der Waals surface area (Å²) in [4.78, 5) is 11.3. The molecule has 0 heterocycles. The van der Waals surface area contributed by atoms with Crippen LogP contribution in [0.2, 0.25) is 0 Å². The van der Waals surface area contributed by atoms with Gasteiger partial charge >= 0.3 is 0 Å².